The molecule has 1 atom stereocenters. The van der Waals surface area contributed by atoms with E-state index < -0.39 is 27.7 Å². The summed E-state index contributed by atoms with van der Waals surface area (Å²) in [5, 5.41) is 12.2. The lowest BCUT2D eigenvalue weighted by molar-refractivity contribution is 0.0522. The number of amides is 1. The number of carboxylic acid groups (broad SMARTS) is 1. The molecule has 5 rings (SSSR count). The summed E-state index contributed by atoms with van der Waals surface area (Å²) >= 11 is 0. The Morgan fingerprint density at radius 2 is 1.94 bits per heavy atom. The number of alkyl carbamates (subject to hydrolysis) is 1. The van der Waals surface area contributed by atoms with Crippen molar-refractivity contribution in [1.29, 1.82) is 0 Å². The summed E-state index contributed by atoms with van der Waals surface area (Å²) in [5.41, 5.74) is 4.28. The van der Waals surface area contributed by atoms with Gasteiger partial charge in [-0.05, 0) is 81.0 Å². The standard InChI is InChI=1S/C36H43N5O7S/c1-24-9-11-29-12-10-27(23-41(29)32(19-24)25-13-16-40(17-14-25)18-15-37-35(44)48-36(2,3)4)28-21-31(33(47-5)38-22-28)39-49(45,46)30-8-6-7-26(20-30)34(42)43/h6-8,10-13,19-24,39H,9,14-18H2,1-5H3,(H,37,44)(H,42,43). The molecular weight excluding hydrogens is 646 g/mol. The van der Waals surface area contributed by atoms with E-state index >= 15 is 0 Å². The highest BCUT2D eigenvalue weighted by molar-refractivity contribution is 7.92. The lowest BCUT2D eigenvalue weighted by atomic mass is 9.98. The van der Waals surface area contributed by atoms with Gasteiger partial charge in [-0.2, -0.15) is 0 Å². The van der Waals surface area contributed by atoms with E-state index in [0.29, 0.717) is 24.6 Å². The topological polar surface area (TPSA) is 150 Å². The molecule has 1 amide bonds. The highest BCUT2D eigenvalue weighted by Gasteiger charge is 2.26. The second-order valence-electron chi connectivity index (χ2n) is 13.1. The first-order chi connectivity index (χ1) is 23.2. The van der Waals surface area contributed by atoms with E-state index in [-0.39, 0.29) is 22.0 Å². The minimum atomic E-state index is -4.16. The van der Waals surface area contributed by atoms with Crippen molar-refractivity contribution in [1.82, 2.24) is 20.1 Å². The van der Waals surface area contributed by atoms with Crippen LogP contribution in [0.4, 0.5) is 10.5 Å². The summed E-state index contributed by atoms with van der Waals surface area (Å²) in [6.07, 6.45) is 15.7. The van der Waals surface area contributed by atoms with Crippen molar-refractivity contribution >= 4 is 33.3 Å². The predicted octanol–water partition coefficient (Wildman–Crippen LogP) is 5.77. The zero-order chi connectivity index (χ0) is 35.3. The van der Waals surface area contributed by atoms with E-state index in [2.05, 4.69) is 50.0 Å². The number of carbonyl (C=O) groups is 2. The number of methoxy groups -OCH3 is 1. The number of aromatic carboxylic acids is 1. The molecular formula is C36H43N5O7S. The number of fused-ring (bicyclic) bond motifs is 1. The van der Waals surface area contributed by atoms with Crippen LogP contribution in [0.2, 0.25) is 0 Å². The fourth-order valence-corrected chi connectivity index (χ4v) is 6.76. The van der Waals surface area contributed by atoms with Crippen LogP contribution in [-0.2, 0) is 14.8 Å². The molecule has 0 saturated carbocycles. The Hall–Kier alpha value is -4.88. The molecule has 2 aromatic rings. The van der Waals surface area contributed by atoms with E-state index in [1.165, 1.54) is 30.9 Å². The summed E-state index contributed by atoms with van der Waals surface area (Å²) in [6.45, 7) is 10.5. The first kappa shape index (κ1) is 35.4. The second kappa shape index (κ2) is 14.7. The normalized spacial score (nSPS) is 18.2. The first-order valence-electron chi connectivity index (χ1n) is 16.1. The van der Waals surface area contributed by atoms with Crippen molar-refractivity contribution in [2.24, 2.45) is 5.92 Å². The van der Waals surface area contributed by atoms with Gasteiger partial charge >= 0.3 is 12.1 Å². The average Bonchev–Trinajstić information content (AvgIpc) is 3.22. The van der Waals surface area contributed by atoms with Gasteiger partial charge in [-0.1, -0.05) is 37.3 Å². The van der Waals surface area contributed by atoms with Gasteiger partial charge in [-0.15, -0.1) is 0 Å². The fraction of sp³-hybridized carbons (Fsp3) is 0.361. The van der Waals surface area contributed by atoms with Crippen LogP contribution in [0, 0.1) is 5.92 Å². The highest BCUT2D eigenvalue weighted by Crippen LogP contribution is 2.37. The van der Waals surface area contributed by atoms with Crippen LogP contribution in [0.15, 0.2) is 95.0 Å². The van der Waals surface area contributed by atoms with E-state index in [4.69, 9.17) is 9.47 Å². The van der Waals surface area contributed by atoms with Crippen LogP contribution in [0.5, 0.6) is 5.88 Å². The molecule has 49 heavy (non-hydrogen) atoms. The maximum Gasteiger partial charge on any atom is 0.407 e. The zero-order valence-corrected chi connectivity index (χ0v) is 29.2. The third kappa shape index (κ3) is 8.98. The molecule has 260 valence electrons. The maximum absolute atomic E-state index is 13.3. The van der Waals surface area contributed by atoms with Crippen molar-refractivity contribution in [3.63, 3.8) is 0 Å². The number of sulfonamides is 1. The SMILES string of the molecule is COc1ncc(C2=CN3C(=CCC(C)C=C3C3=CCN(CCNC(=O)OC(C)(C)C)CC3)C=C2)cc1NS(=O)(=O)c1cccc(C(=O)O)c1. The molecule has 1 aromatic carbocycles. The van der Waals surface area contributed by atoms with Crippen molar-refractivity contribution in [3.05, 3.63) is 101 Å². The van der Waals surface area contributed by atoms with E-state index in [9.17, 15) is 23.1 Å². The third-order valence-electron chi connectivity index (χ3n) is 8.11. The van der Waals surface area contributed by atoms with Crippen LogP contribution < -0.4 is 14.8 Å². The third-order valence-corrected chi connectivity index (χ3v) is 9.48. The Labute approximate surface area is 287 Å². The highest BCUT2D eigenvalue weighted by atomic mass is 32.2. The van der Waals surface area contributed by atoms with Gasteiger partial charge in [0.25, 0.3) is 10.0 Å². The van der Waals surface area contributed by atoms with Gasteiger partial charge < -0.3 is 24.8 Å². The van der Waals surface area contributed by atoms with Crippen LogP contribution in [0.3, 0.4) is 0 Å². The number of rotatable bonds is 10. The van der Waals surface area contributed by atoms with Gasteiger partial charge in [0.15, 0.2) is 0 Å². The number of nitrogens with one attached hydrogen (secondary N) is 2. The van der Waals surface area contributed by atoms with Gasteiger partial charge in [0.2, 0.25) is 5.88 Å². The Bertz CT molecular complexity index is 1870. The molecule has 0 saturated heterocycles. The van der Waals surface area contributed by atoms with Crippen LogP contribution >= 0.6 is 0 Å². The molecule has 0 spiro atoms. The lowest BCUT2D eigenvalue weighted by Gasteiger charge is -2.33. The molecule has 4 heterocycles. The summed E-state index contributed by atoms with van der Waals surface area (Å²) in [7, 11) is -2.77. The molecule has 0 fully saturated rings. The average molecular weight is 690 g/mol. The van der Waals surface area contributed by atoms with E-state index in [1.807, 2.05) is 39.1 Å². The number of hydrogen-bond donors (Lipinski definition) is 3. The number of nitrogens with zero attached hydrogens (tertiary/aromatic N) is 3. The summed E-state index contributed by atoms with van der Waals surface area (Å²) in [4.78, 5) is 32.1. The number of carboxylic acids is 1. The summed E-state index contributed by atoms with van der Waals surface area (Å²) < 4.78 is 39.8. The number of ether oxygens (including phenoxy) is 2. The minimum absolute atomic E-state index is 0.0741. The molecule has 3 aliphatic rings. The Morgan fingerprint density at radius 1 is 1.14 bits per heavy atom. The molecule has 0 aliphatic carbocycles. The second-order valence-corrected chi connectivity index (χ2v) is 14.8. The zero-order valence-electron chi connectivity index (χ0n) is 28.4. The number of allylic oxidation sites excluding steroid dienone is 6. The molecule has 1 unspecified atom stereocenters. The maximum atomic E-state index is 13.3. The van der Waals surface area contributed by atoms with Gasteiger partial charge in [0, 0.05) is 55.5 Å². The van der Waals surface area contributed by atoms with Crippen molar-refractivity contribution in [2.45, 2.75) is 51.0 Å². The Kier molecular flexibility index (Phi) is 10.6. The molecule has 0 radical (unpaired) electrons. The summed E-state index contributed by atoms with van der Waals surface area (Å²) in [5.74, 6) is -0.836. The number of anilines is 1. The smallest absolute Gasteiger partial charge is 0.407 e. The minimum Gasteiger partial charge on any atom is -0.480 e. The van der Waals surface area contributed by atoms with E-state index in [1.54, 1.807) is 12.3 Å². The first-order valence-corrected chi connectivity index (χ1v) is 17.6. The molecule has 3 N–H and O–H groups in total. The Balaban J connectivity index is 1.35. The van der Waals surface area contributed by atoms with E-state index in [0.717, 1.165) is 49.0 Å². The number of benzene rings is 1. The molecule has 1 aromatic heterocycles. The van der Waals surface area contributed by atoms with Crippen molar-refractivity contribution in [2.75, 3.05) is 38.0 Å². The van der Waals surface area contributed by atoms with Crippen LogP contribution in [0.1, 0.15) is 56.5 Å². The number of pyridine rings is 1. The molecule has 3 aliphatic heterocycles. The number of aromatic nitrogens is 1. The largest absolute Gasteiger partial charge is 0.480 e. The summed E-state index contributed by atoms with van der Waals surface area (Å²) in [6, 6.07) is 6.79. The van der Waals surface area contributed by atoms with Crippen LogP contribution in [-0.4, -0.2) is 79.3 Å². The number of hydrogen-bond acceptors (Lipinski definition) is 9. The fourth-order valence-electron chi connectivity index (χ4n) is 5.67. The van der Waals surface area contributed by atoms with Gasteiger partial charge in [0.1, 0.15) is 11.3 Å². The quantitative estimate of drug-likeness (QED) is 0.281. The molecule has 0 bridgehead atoms. The molecule has 12 nitrogen and oxygen atoms in total. The number of carbonyl (C=O) groups excluding carboxylic acids is 1. The molecule has 13 heteroatoms. The monoisotopic (exact) mass is 689 g/mol. The van der Waals surface area contributed by atoms with Gasteiger partial charge in [-0.3, -0.25) is 9.62 Å². The van der Waals surface area contributed by atoms with Gasteiger partial charge in [-0.25, -0.2) is 23.0 Å². The van der Waals surface area contributed by atoms with Crippen LogP contribution in [0.25, 0.3) is 5.57 Å². The lowest BCUT2D eigenvalue weighted by Crippen LogP contribution is -2.39. The van der Waals surface area contributed by atoms with Crippen molar-refractivity contribution < 1.29 is 32.6 Å². The van der Waals surface area contributed by atoms with Crippen molar-refractivity contribution in [3.8, 4) is 5.88 Å². The van der Waals surface area contributed by atoms with Gasteiger partial charge in [0.05, 0.1) is 17.6 Å². The Morgan fingerprint density at radius 3 is 2.63 bits per heavy atom. The predicted molar refractivity (Wildman–Crippen MR) is 187 cm³/mol.